The van der Waals surface area contributed by atoms with Crippen molar-refractivity contribution >= 4 is 17.5 Å². The van der Waals surface area contributed by atoms with E-state index in [0.29, 0.717) is 17.5 Å². The van der Waals surface area contributed by atoms with Crippen LogP contribution in [0.4, 0.5) is 0 Å². The summed E-state index contributed by atoms with van der Waals surface area (Å²) in [5, 5.41) is 2.99. The van der Waals surface area contributed by atoms with Crippen LogP contribution in [-0.2, 0) is 9.53 Å². The van der Waals surface area contributed by atoms with Gasteiger partial charge in [0.2, 0.25) is 0 Å². The van der Waals surface area contributed by atoms with Gasteiger partial charge in [0, 0.05) is 18.4 Å². The zero-order valence-electron chi connectivity index (χ0n) is 14.1. The fraction of sp³-hybridized carbons (Fsp3) is 0.500. The van der Waals surface area contributed by atoms with Crippen molar-refractivity contribution in [3.63, 3.8) is 0 Å². The summed E-state index contributed by atoms with van der Waals surface area (Å²) in [4.78, 5) is 28.3. The number of nitrogens with zero attached hydrogens (tertiary/aromatic N) is 2. The van der Waals surface area contributed by atoms with Gasteiger partial charge < -0.3 is 14.5 Å². The average molecular weight is 329 g/mol. The van der Waals surface area contributed by atoms with Crippen LogP contribution in [0.1, 0.15) is 43.6 Å². The van der Waals surface area contributed by atoms with Crippen LogP contribution in [0, 0.1) is 11.8 Å². The fourth-order valence-electron chi connectivity index (χ4n) is 3.27. The van der Waals surface area contributed by atoms with E-state index in [4.69, 9.17) is 4.74 Å². The monoisotopic (exact) mass is 329 g/mol. The lowest BCUT2D eigenvalue weighted by molar-refractivity contribution is -0.125. The minimum atomic E-state index is -0.584. The van der Waals surface area contributed by atoms with Crippen LogP contribution in [0.2, 0.25) is 0 Å². The molecule has 128 valence electrons. The number of pyridine rings is 1. The molecular formula is C18H23N3O3. The number of carbonyl (C=O) groups is 2. The highest BCUT2D eigenvalue weighted by molar-refractivity contribution is 5.90. The number of amides is 1. The van der Waals surface area contributed by atoms with Crippen LogP contribution in [0.5, 0.6) is 0 Å². The molecule has 2 heterocycles. The number of rotatable bonds is 4. The van der Waals surface area contributed by atoms with E-state index >= 15 is 0 Å². The molecule has 3 rings (SSSR count). The lowest BCUT2D eigenvalue weighted by Gasteiger charge is -2.34. The zero-order valence-corrected chi connectivity index (χ0v) is 14.1. The number of imidazole rings is 1. The van der Waals surface area contributed by atoms with E-state index < -0.39 is 5.97 Å². The second-order valence-electron chi connectivity index (χ2n) is 6.61. The zero-order chi connectivity index (χ0) is 17.1. The van der Waals surface area contributed by atoms with Gasteiger partial charge in [0.25, 0.3) is 5.91 Å². The fourth-order valence-corrected chi connectivity index (χ4v) is 3.27. The maximum atomic E-state index is 12.1. The number of aromatic nitrogens is 2. The van der Waals surface area contributed by atoms with Gasteiger partial charge in [-0.25, -0.2) is 9.78 Å². The normalized spacial score (nSPS) is 23.8. The average Bonchev–Trinajstić information content (AvgIpc) is 3.01. The third-order valence-corrected chi connectivity index (χ3v) is 4.96. The van der Waals surface area contributed by atoms with E-state index in [-0.39, 0.29) is 24.2 Å². The molecule has 1 aliphatic rings. The second-order valence-corrected chi connectivity index (χ2v) is 6.61. The molecule has 0 aliphatic heterocycles. The van der Waals surface area contributed by atoms with E-state index in [0.717, 1.165) is 12.8 Å². The van der Waals surface area contributed by atoms with E-state index in [1.54, 1.807) is 22.9 Å². The molecule has 2 aromatic rings. The highest BCUT2D eigenvalue weighted by Gasteiger charge is 2.28. The Labute approximate surface area is 141 Å². The number of nitrogens with one attached hydrogen (secondary N) is 1. The second kappa shape index (κ2) is 7.03. The summed E-state index contributed by atoms with van der Waals surface area (Å²) in [7, 11) is 0. The van der Waals surface area contributed by atoms with Gasteiger partial charge >= 0.3 is 5.97 Å². The van der Waals surface area contributed by atoms with Gasteiger partial charge in [-0.3, -0.25) is 4.79 Å². The maximum absolute atomic E-state index is 12.1. The Morgan fingerprint density at radius 3 is 2.96 bits per heavy atom. The van der Waals surface area contributed by atoms with Gasteiger partial charge in [0.05, 0.1) is 0 Å². The molecular weight excluding hydrogens is 306 g/mol. The first kappa shape index (κ1) is 16.5. The molecule has 6 heteroatoms. The Kier molecular flexibility index (Phi) is 4.83. The summed E-state index contributed by atoms with van der Waals surface area (Å²) >= 11 is 0. The number of hydrogen-bond donors (Lipinski definition) is 1. The van der Waals surface area contributed by atoms with Gasteiger partial charge in [-0.1, -0.05) is 32.8 Å². The lowest BCUT2D eigenvalue weighted by Crippen LogP contribution is -2.45. The van der Waals surface area contributed by atoms with Crippen LogP contribution >= 0.6 is 0 Å². The van der Waals surface area contributed by atoms with Crippen LogP contribution in [0.15, 0.2) is 30.6 Å². The van der Waals surface area contributed by atoms with E-state index in [9.17, 15) is 9.59 Å². The molecule has 0 radical (unpaired) electrons. The number of hydrogen-bond acceptors (Lipinski definition) is 4. The standard InChI is InChI=1S/C18H23N3O3/c1-12-6-5-7-14(13(12)2)20-17(22)11-24-18(23)15-10-21-9-4-3-8-16(21)19-15/h3-4,8-10,12-14H,5-7,11H2,1-2H3,(H,20,22)/t12-,13-,14-/m1/s1. The first-order valence-electron chi connectivity index (χ1n) is 8.45. The number of carbonyl (C=O) groups excluding carboxylic acids is 2. The Hall–Kier alpha value is -2.37. The molecule has 1 fully saturated rings. The number of esters is 1. The summed E-state index contributed by atoms with van der Waals surface area (Å²) in [6.07, 6.45) is 6.71. The molecule has 3 atom stereocenters. The van der Waals surface area contributed by atoms with Gasteiger partial charge in [0.15, 0.2) is 12.3 Å². The van der Waals surface area contributed by atoms with Crippen molar-refractivity contribution in [2.45, 2.75) is 39.2 Å². The first-order valence-corrected chi connectivity index (χ1v) is 8.45. The van der Waals surface area contributed by atoms with Crippen LogP contribution in [0.3, 0.4) is 0 Å². The molecule has 0 spiro atoms. The quantitative estimate of drug-likeness (QED) is 0.875. The third-order valence-electron chi connectivity index (χ3n) is 4.96. The third kappa shape index (κ3) is 3.58. The smallest absolute Gasteiger partial charge is 0.359 e. The topological polar surface area (TPSA) is 72.7 Å². The molecule has 6 nitrogen and oxygen atoms in total. The van der Waals surface area contributed by atoms with Gasteiger partial charge in [0.1, 0.15) is 5.65 Å². The van der Waals surface area contributed by atoms with E-state index in [1.807, 2.05) is 12.1 Å². The summed E-state index contributed by atoms with van der Waals surface area (Å²) in [5.41, 5.74) is 0.868. The predicted octanol–water partition coefficient (Wildman–Crippen LogP) is 2.43. The Morgan fingerprint density at radius 1 is 1.33 bits per heavy atom. The summed E-state index contributed by atoms with van der Waals surface area (Å²) in [6.45, 7) is 4.11. The summed E-state index contributed by atoms with van der Waals surface area (Å²) < 4.78 is 6.83. The van der Waals surface area contributed by atoms with Crippen LogP contribution in [-0.4, -0.2) is 33.9 Å². The van der Waals surface area contributed by atoms with Gasteiger partial charge in [-0.15, -0.1) is 0 Å². The molecule has 1 aliphatic carbocycles. The van der Waals surface area contributed by atoms with Crippen molar-refractivity contribution in [1.82, 2.24) is 14.7 Å². The Balaban J connectivity index is 1.53. The van der Waals surface area contributed by atoms with Gasteiger partial charge in [-0.2, -0.15) is 0 Å². The highest BCUT2D eigenvalue weighted by Crippen LogP contribution is 2.29. The Morgan fingerprint density at radius 2 is 2.17 bits per heavy atom. The minimum Gasteiger partial charge on any atom is -0.451 e. The molecule has 2 aromatic heterocycles. The molecule has 1 saturated carbocycles. The molecule has 0 bridgehead atoms. The largest absolute Gasteiger partial charge is 0.451 e. The van der Waals surface area contributed by atoms with Gasteiger partial charge in [-0.05, 0) is 30.4 Å². The highest BCUT2D eigenvalue weighted by atomic mass is 16.5. The number of fused-ring (bicyclic) bond motifs is 1. The number of ether oxygens (including phenoxy) is 1. The molecule has 1 N–H and O–H groups in total. The Bertz CT molecular complexity index is 707. The maximum Gasteiger partial charge on any atom is 0.359 e. The predicted molar refractivity (Wildman–Crippen MR) is 89.6 cm³/mol. The van der Waals surface area contributed by atoms with Crippen molar-refractivity contribution in [2.24, 2.45) is 11.8 Å². The first-order chi connectivity index (χ1) is 11.5. The SMILES string of the molecule is C[C@@H]1[C@H](C)CCC[C@H]1NC(=O)COC(=O)c1cn2ccccc2n1. The minimum absolute atomic E-state index is 0.162. The molecule has 24 heavy (non-hydrogen) atoms. The van der Waals surface area contributed by atoms with Crippen molar-refractivity contribution in [2.75, 3.05) is 6.61 Å². The van der Waals surface area contributed by atoms with Crippen molar-refractivity contribution < 1.29 is 14.3 Å². The van der Waals surface area contributed by atoms with Crippen molar-refractivity contribution in [3.8, 4) is 0 Å². The van der Waals surface area contributed by atoms with E-state index in [1.165, 1.54) is 6.42 Å². The summed E-state index contributed by atoms with van der Waals surface area (Å²) in [5.74, 6) is 0.207. The van der Waals surface area contributed by atoms with Crippen molar-refractivity contribution in [1.29, 1.82) is 0 Å². The van der Waals surface area contributed by atoms with Crippen molar-refractivity contribution in [3.05, 3.63) is 36.3 Å². The molecule has 0 unspecified atom stereocenters. The van der Waals surface area contributed by atoms with E-state index in [2.05, 4.69) is 24.1 Å². The molecule has 0 aromatic carbocycles. The molecule has 1 amide bonds. The molecule has 0 saturated heterocycles. The lowest BCUT2D eigenvalue weighted by atomic mass is 9.78. The van der Waals surface area contributed by atoms with Crippen LogP contribution in [0.25, 0.3) is 5.65 Å². The van der Waals surface area contributed by atoms with Crippen LogP contribution < -0.4 is 5.32 Å². The summed E-state index contributed by atoms with van der Waals surface area (Å²) in [6, 6.07) is 5.66.